The van der Waals surface area contributed by atoms with Crippen LogP contribution in [0.15, 0.2) is 12.3 Å². The Balaban J connectivity index is 1.89. The molecule has 0 unspecified atom stereocenters. The van der Waals surface area contributed by atoms with E-state index in [0.717, 1.165) is 44.7 Å². The number of hydrogen-bond acceptors (Lipinski definition) is 3. The summed E-state index contributed by atoms with van der Waals surface area (Å²) in [4.78, 5) is 0. The number of rotatable bonds is 0. The van der Waals surface area contributed by atoms with Gasteiger partial charge in [-0.2, -0.15) is 0 Å². The average Bonchev–Trinajstić information content (AvgIpc) is 2.59. The van der Waals surface area contributed by atoms with Crippen molar-refractivity contribution in [2.75, 3.05) is 13.2 Å². The molecule has 0 N–H and O–H groups in total. The molecule has 0 radical (unpaired) electrons. The van der Waals surface area contributed by atoms with E-state index >= 15 is 0 Å². The van der Waals surface area contributed by atoms with E-state index in [2.05, 4.69) is 27.4 Å². The molecule has 3 aliphatic rings. The topological polar surface area (TPSA) is 27.7 Å². The molecule has 2 heterocycles. The van der Waals surface area contributed by atoms with Gasteiger partial charge in [-0.1, -0.05) is 27.4 Å². The molecule has 3 nitrogen and oxygen atoms in total. The van der Waals surface area contributed by atoms with Gasteiger partial charge in [0.05, 0.1) is 24.4 Å². The smallest absolute Gasteiger partial charge is 0.177 e. The first kappa shape index (κ1) is 12.5. The summed E-state index contributed by atoms with van der Waals surface area (Å²) in [7, 11) is 0. The second-order valence-electron chi connectivity index (χ2n) is 7.13. The number of fused-ring (bicyclic) bond motifs is 2. The Bertz CT molecular complexity index is 364. The summed E-state index contributed by atoms with van der Waals surface area (Å²) in [6.45, 7) is 12.1. The summed E-state index contributed by atoms with van der Waals surface area (Å²) in [5.74, 6) is 0.436. The largest absolute Gasteiger partial charge is 0.495 e. The lowest BCUT2D eigenvalue weighted by atomic mass is 9.67. The molecular formula is C15H24O3. The van der Waals surface area contributed by atoms with E-state index in [1.165, 1.54) is 0 Å². The third-order valence-corrected chi connectivity index (χ3v) is 4.82. The molecule has 0 aromatic carbocycles. The third kappa shape index (κ3) is 1.64. The van der Waals surface area contributed by atoms with Gasteiger partial charge in [0.2, 0.25) is 0 Å². The van der Waals surface area contributed by atoms with Crippen LogP contribution in [0.4, 0.5) is 0 Å². The lowest BCUT2D eigenvalue weighted by Gasteiger charge is -2.54. The van der Waals surface area contributed by atoms with Crippen molar-refractivity contribution in [2.24, 2.45) is 10.8 Å². The highest BCUT2D eigenvalue weighted by Crippen LogP contribution is 2.57. The maximum absolute atomic E-state index is 6.24. The molecule has 102 valence electrons. The van der Waals surface area contributed by atoms with Gasteiger partial charge in [-0.25, -0.2) is 0 Å². The molecule has 0 aromatic heterocycles. The van der Waals surface area contributed by atoms with Gasteiger partial charge in [0.1, 0.15) is 6.10 Å². The predicted molar refractivity (Wildman–Crippen MR) is 69.0 cm³/mol. The van der Waals surface area contributed by atoms with E-state index < -0.39 is 5.79 Å². The van der Waals surface area contributed by atoms with E-state index in [9.17, 15) is 0 Å². The van der Waals surface area contributed by atoms with Crippen LogP contribution in [0.5, 0.6) is 0 Å². The Hall–Kier alpha value is -0.540. The Morgan fingerprint density at radius 3 is 2.50 bits per heavy atom. The maximum Gasteiger partial charge on any atom is 0.177 e. The summed E-state index contributed by atoms with van der Waals surface area (Å²) >= 11 is 0. The summed E-state index contributed by atoms with van der Waals surface area (Å²) in [5.41, 5.74) is 0.0455. The van der Waals surface area contributed by atoms with E-state index in [-0.39, 0.29) is 16.9 Å². The normalized spacial score (nSPS) is 41.5. The second kappa shape index (κ2) is 3.73. The second-order valence-corrected chi connectivity index (χ2v) is 7.13. The summed E-state index contributed by atoms with van der Waals surface area (Å²) in [6.07, 6.45) is 4.24. The third-order valence-electron chi connectivity index (χ3n) is 4.82. The van der Waals surface area contributed by atoms with Gasteiger partial charge in [-0.05, 0) is 12.8 Å². The molecule has 3 heteroatoms. The standard InChI is InChI=1S/C15H24O3/c1-11-8-14(4)12(18-11)6-5-7-15(14)16-9-13(2,3)10-17-15/h12H,1,5-10H2,2-4H3/t12-,14-/m1/s1. The fraction of sp³-hybridized carbons (Fsp3) is 0.867. The Morgan fingerprint density at radius 2 is 1.83 bits per heavy atom. The maximum atomic E-state index is 6.24. The molecule has 1 aliphatic carbocycles. The van der Waals surface area contributed by atoms with Crippen molar-refractivity contribution in [3.8, 4) is 0 Å². The first-order valence-corrected chi connectivity index (χ1v) is 6.99. The van der Waals surface area contributed by atoms with Gasteiger partial charge < -0.3 is 14.2 Å². The van der Waals surface area contributed by atoms with Crippen LogP contribution in [0.2, 0.25) is 0 Å². The minimum absolute atomic E-state index is 0.0706. The molecule has 0 amide bonds. The van der Waals surface area contributed by atoms with Crippen LogP contribution in [-0.4, -0.2) is 25.1 Å². The van der Waals surface area contributed by atoms with Gasteiger partial charge in [-0.3, -0.25) is 0 Å². The minimum atomic E-state index is -0.453. The average molecular weight is 252 g/mol. The molecule has 2 aliphatic heterocycles. The van der Waals surface area contributed by atoms with Crippen LogP contribution in [-0.2, 0) is 14.2 Å². The van der Waals surface area contributed by atoms with Gasteiger partial charge in [0.25, 0.3) is 0 Å². The molecule has 0 aromatic rings. The summed E-state index contributed by atoms with van der Waals surface area (Å²) in [5, 5.41) is 0. The van der Waals surface area contributed by atoms with E-state index in [1.807, 2.05) is 0 Å². The van der Waals surface area contributed by atoms with E-state index in [4.69, 9.17) is 14.2 Å². The zero-order valence-corrected chi connectivity index (χ0v) is 11.8. The fourth-order valence-corrected chi connectivity index (χ4v) is 3.64. The van der Waals surface area contributed by atoms with E-state index in [1.54, 1.807) is 0 Å². The van der Waals surface area contributed by atoms with Gasteiger partial charge in [0, 0.05) is 18.3 Å². The quantitative estimate of drug-likeness (QED) is 0.662. The summed E-state index contributed by atoms with van der Waals surface area (Å²) < 4.78 is 18.4. The zero-order chi connectivity index (χ0) is 13.0. The fourth-order valence-electron chi connectivity index (χ4n) is 3.64. The van der Waals surface area contributed by atoms with Crippen molar-refractivity contribution in [1.82, 2.24) is 0 Å². The van der Waals surface area contributed by atoms with Crippen molar-refractivity contribution < 1.29 is 14.2 Å². The molecule has 1 spiro atoms. The highest BCUT2D eigenvalue weighted by Gasteiger charge is 2.62. The van der Waals surface area contributed by atoms with Gasteiger partial charge in [-0.15, -0.1) is 0 Å². The molecule has 18 heavy (non-hydrogen) atoms. The number of hydrogen-bond donors (Lipinski definition) is 0. The van der Waals surface area contributed by atoms with Crippen molar-refractivity contribution in [2.45, 2.75) is 58.3 Å². The van der Waals surface area contributed by atoms with Crippen LogP contribution in [0.25, 0.3) is 0 Å². The monoisotopic (exact) mass is 252 g/mol. The predicted octanol–water partition coefficient (Wildman–Crippen LogP) is 3.25. The summed E-state index contributed by atoms with van der Waals surface area (Å²) in [6, 6.07) is 0. The van der Waals surface area contributed by atoms with Crippen molar-refractivity contribution in [3.63, 3.8) is 0 Å². The van der Waals surface area contributed by atoms with Gasteiger partial charge in [0.15, 0.2) is 5.79 Å². The first-order valence-electron chi connectivity index (χ1n) is 6.99. The van der Waals surface area contributed by atoms with Crippen molar-refractivity contribution in [3.05, 3.63) is 12.3 Å². The van der Waals surface area contributed by atoms with Crippen LogP contribution in [0, 0.1) is 10.8 Å². The zero-order valence-electron chi connectivity index (χ0n) is 11.8. The van der Waals surface area contributed by atoms with Crippen LogP contribution in [0.3, 0.4) is 0 Å². The molecular weight excluding hydrogens is 228 g/mol. The van der Waals surface area contributed by atoms with Crippen LogP contribution < -0.4 is 0 Å². The first-order chi connectivity index (χ1) is 8.37. The number of allylic oxidation sites excluding steroid dienone is 1. The Morgan fingerprint density at radius 1 is 1.17 bits per heavy atom. The molecule has 3 fully saturated rings. The highest BCUT2D eigenvalue weighted by atomic mass is 16.7. The SMILES string of the molecule is C=C1C[C@]2(C)[C@@H](CCCC23OCC(C)(C)CO3)O1. The molecule has 0 bridgehead atoms. The van der Waals surface area contributed by atoms with Crippen LogP contribution in [0.1, 0.15) is 46.5 Å². The van der Waals surface area contributed by atoms with Crippen molar-refractivity contribution >= 4 is 0 Å². The minimum Gasteiger partial charge on any atom is -0.495 e. The van der Waals surface area contributed by atoms with E-state index in [0.29, 0.717) is 0 Å². The highest BCUT2D eigenvalue weighted by molar-refractivity contribution is 5.12. The molecule has 2 saturated heterocycles. The lowest BCUT2D eigenvalue weighted by Crippen LogP contribution is -2.61. The van der Waals surface area contributed by atoms with Gasteiger partial charge >= 0.3 is 0 Å². The van der Waals surface area contributed by atoms with Crippen molar-refractivity contribution in [1.29, 1.82) is 0 Å². The molecule has 3 rings (SSSR count). The Kier molecular flexibility index (Phi) is 2.59. The Labute approximate surface area is 109 Å². The molecule has 2 atom stereocenters. The number of ether oxygens (including phenoxy) is 3. The van der Waals surface area contributed by atoms with Crippen LogP contribution >= 0.6 is 0 Å². The lowest BCUT2D eigenvalue weighted by molar-refractivity contribution is -0.362. The molecule has 1 saturated carbocycles.